The SMILES string of the molecule is CC(C)C1C[C@@H]2CC[C@@H](C1)N2S. The van der Waals surface area contributed by atoms with Gasteiger partial charge in [0.2, 0.25) is 0 Å². The van der Waals surface area contributed by atoms with Gasteiger partial charge in [0.05, 0.1) is 0 Å². The molecular formula is C10H19NS. The zero-order chi connectivity index (χ0) is 8.72. The standard InChI is InChI=1S/C10H19NS/c1-7(2)8-5-9-3-4-10(6-8)11(9)12/h7-10,12H,3-6H2,1-2H3/t9-,10-/m0/s1. The Bertz CT molecular complexity index is 155. The second-order valence-corrected chi connectivity index (χ2v) is 5.20. The molecule has 1 nitrogen and oxygen atoms in total. The molecule has 12 heavy (non-hydrogen) atoms. The smallest absolute Gasteiger partial charge is 0.0206 e. The Hall–Kier alpha value is 0.310. The first-order chi connectivity index (χ1) is 5.68. The summed E-state index contributed by atoms with van der Waals surface area (Å²) in [6.07, 6.45) is 5.55. The second kappa shape index (κ2) is 3.22. The van der Waals surface area contributed by atoms with E-state index in [4.69, 9.17) is 0 Å². The van der Waals surface area contributed by atoms with Gasteiger partial charge in [0.15, 0.2) is 0 Å². The van der Waals surface area contributed by atoms with E-state index in [1.54, 1.807) is 0 Å². The van der Waals surface area contributed by atoms with Crippen LogP contribution in [0, 0.1) is 11.8 Å². The van der Waals surface area contributed by atoms with Crippen molar-refractivity contribution in [1.82, 2.24) is 4.31 Å². The second-order valence-electron chi connectivity index (χ2n) is 4.74. The Kier molecular flexibility index (Phi) is 2.39. The minimum atomic E-state index is 0.791. The molecule has 2 saturated heterocycles. The fraction of sp³-hybridized carbons (Fsp3) is 1.00. The molecule has 0 radical (unpaired) electrons. The van der Waals surface area contributed by atoms with Crippen LogP contribution in [0.2, 0.25) is 0 Å². The van der Waals surface area contributed by atoms with E-state index < -0.39 is 0 Å². The Morgan fingerprint density at radius 1 is 1.17 bits per heavy atom. The lowest BCUT2D eigenvalue weighted by molar-refractivity contribution is 0.171. The lowest BCUT2D eigenvalue weighted by Gasteiger charge is -2.37. The summed E-state index contributed by atoms with van der Waals surface area (Å²) in [5.74, 6) is 1.83. The fourth-order valence-electron chi connectivity index (χ4n) is 2.74. The molecule has 0 saturated carbocycles. The van der Waals surface area contributed by atoms with Crippen LogP contribution in [0.5, 0.6) is 0 Å². The topological polar surface area (TPSA) is 3.24 Å². The van der Waals surface area contributed by atoms with Crippen molar-refractivity contribution in [2.24, 2.45) is 11.8 Å². The van der Waals surface area contributed by atoms with Crippen molar-refractivity contribution >= 4 is 12.8 Å². The first kappa shape index (κ1) is 8.89. The molecule has 0 N–H and O–H groups in total. The van der Waals surface area contributed by atoms with E-state index in [2.05, 4.69) is 31.0 Å². The Morgan fingerprint density at radius 2 is 1.67 bits per heavy atom. The number of piperidine rings is 1. The van der Waals surface area contributed by atoms with E-state index in [1.807, 2.05) is 0 Å². The highest BCUT2D eigenvalue weighted by atomic mass is 32.1. The molecule has 2 heteroatoms. The molecule has 2 fully saturated rings. The monoisotopic (exact) mass is 185 g/mol. The van der Waals surface area contributed by atoms with Crippen molar-refractivity contribution < 1.29 is 0 Å². The van der Waals surface area contributed by atoms with Gasteiger partial charge in [-0.15, -0.1) is 0 Å². The van der Waals surface area contributed by atoms with Crippen LogP contribution in [0.3, 0.4) is 0 Å². The van der Waals surface area contributed by atoms with Crippen LogP contribution in [-0.2, 0) is 0 Å². The summed E-state index contributed by atoms with van der Waals surface area (Å²) in [6, 6.07) is 1.58. The summed E-state index contributed by atoms with van der Waals surface area (Å²) in [7, 11) is 0. The quantitative estimate of drug-likeness (QED) is 0.615. The van der Waals surface area contributed by atoms with E-state index in [0.717, 1.165) is 23.9 Å². The summed E-state index contributed by atoms with van der Waals surface area (Å²) in [4.78, 5) is 0. The van der Waals surface area contributed by atoms with Gasteiger partial charge in [-0.05, 0) is 37.5 Å². The van der Waals surface area contributed by atoms with Crippen LogP contribution in [0.25, 0.3) is 0 Å². The third kappa shape index (κ3) is 1.39. The molecular weight excluding hydrogens is 166 g/mol. The first-order valence-electron chi connectivity index (χ1n) is 5.15. The summed E-state index contributed by atoms with van der Waals surface area (Å²) in [5, 5.41) is 0. The molecule has 0 aromatic heterocycles. The number of hydrogen-bond donors (Lipinski definition) is 1. The van der Waals surface area contributed by atoms with E-state index in [0.29, 0.717) is 0 Å². The van der Waals surface area contributed by atoms with Crippen molar-refractivity contribution in [3.05, 3.63) is 0 Å². The van der Waals surface area contributed by atoms with E-state index >= 15 is 0 Å². The van der Waals surface area contributed by atoms with Gasteiger partial charge in [0.1, 0.15) is 0 Å². The van der Waals surface area contributed by atoms with Gasteiger partial charge in [-0.2, -0.15) is 0 Å². The molecule has 0 unspecified atom stereocenters. The van der Waals surface area contributed by atoms with Crippen molar-refractivity contribution in [2.75, 3.05) is 0 Å². The fourth-order valence-corrected chi connectivity index (χ4v) is 3.16. The molecule has 2 aliphatic rings. The van der Waals surface area contributed by atoms with Crippen molar-refractivity contribution in [3.63, 3.8) is 0 Å². The third-order valence-electron chi connectivity index (χ3n) is 3.67. The average molecular weight is 185 g/mol. The van der Waals surface area contributed by atoms with Gasteiger partial charge in [-0.3, -0.25) is 0 Å². The Balaban J connectivity index is 2.02. The molecule has 2 aliphatic heterocycles. The van der Waals surface area contributed by atoms with Gasteiger partial charge in [0.25, 0.3) is 0 Å². The van der Waals surface area contributed by atoms with Crippen molar-refractivity contribution in [3.8, 4) is 0 Å². The molecule has 2 heterocycles. The van der Waals surface area contributed by atoms with Crippen molar-refractivity contribution in [2.45, 2.75) is 51.6 Å². The molecule has 0 aromatic carbocycles. The lowest BCUT2D eigenvalue weighted by atomic mass is 9.84. The molecule has 0 spiro atoms. The predicted octanol–water partition coefficient (Wildman–Crippen LogP) is 2.73. The van der Waals surface area contributed by atoms with Crippen LogP contribution in [0.4, 0.5) is 0 Å². The molecule has 2 bridgehead atoms. The molecule has 0 aromatic rings. The molecule has 0 amide bonds. The summed E-state index contributed by atoms with van der Waals surface area (Å²) in [6.45, 7) is 4.72. The molecule has 0 aliphatic carbocycles. The first-order valence-corrected chi connectivity index (χ1v) is 5.55. The van der Waals surface area contributed by atoms with E-state index in [-0.39, 0.29) is 0 Å². The average Bonchev–Trinajstić information content (AvgIpc) is 2.30. The van der Waals surface area contributed by atoms with Crippen LogP contribution >= 0.6 is 12.8 Å². The van der Waals surface area contributed by atoms with Crippen LogP contribution in [0.15, 0.2) is 0 Å². The van der Waals surface area contributed by atoms with Gasteiger partial charge in [-0.25, -0.2) is 4.31 Å². The zero-order valence-electron chi connectivity index (χ0n) is 8.03. The predicted molar refractivity (Wildman–Crippen MR) is 55.2 cm³/mol. The maximum Gasteiger partial charge on any atom is 0.0206 e. The lowest BCUT2D eigenvalue weighted by Crippen LogP contribution is -2.37. The number of thiol groups is 1. The van der Waals surface area contributed by atoms with Crippen LogP contribution in [0.1, 0.15) is 39.5 Å². The minimum Gasteiger partial charge on any atom is -0.247 e. The largest absolute Gasteiger partial charge is 0.247 e. The summed E-state index contributed by atoms with van der Waals surface area (Å²) < 4.78 is 2.32. The third-order valence-corrected chi connectivity index (χ3v) is 4.33. The summed E-state index contributed by atoms with van der Waals surface area (Å²) in [5.41, 5.74) is 0. The van der Waals surface area contributed by atoms with Crippen LogP contribution in [-0.4, -0.2) is 16.4 Å². The van der Waals surface area contributed by atoms with Gasteiger partial charge in [0, 0.05) is 12.1 Å². The highest BCUT2D eigenvalue weighted by Gasteiger charge is 2.39. The molecule has 70 valence electrons. The van der Waals surface area contributed by atoms with Gasteiger partial charge >= 0.3 is 0 Å². The van der Waals surface area contributed by atoms with Crippen LogP contribution < -0.4 is 0 Å². The molecule has 2 atom stereocenters. The minimum absolute atomic E-state index is 0.791. The zero-order valence-corrected chi connectivity index (χ0v) is 8.93. The Morgan fingerprint density at radius 3 is 2.08 bits per heavy atom. The van der Waals surface area contributed by atoms with E-state index in [1.165, 1.54) is 25.7 Å². The van der Waals surface area contributed by atoms with Crippen molar-refractivity contribution in [1.29, 1.82) is 0 Å². The van der Waals surface area contributed by atoms with Gasteiger partial charge < -0.3 is 0 Å². The Labute approximate surface area is 81.1 Å². The maximum absolute atomic E-state index is 4.56. The maximum atomic E-state index is 4.56. The number of hydrogen-bond acceptors (Lipinski definition) is 2. The highest BCUT2D eigenvalue weighted by Crippen LogP contribution is 2.41. The number of nitrogens with zero attached hydrogens (tertiary/aromatic N) is 1. The van der Waals surface area contributed by atoms with E-state index in [9.17, 15) is 0 Å². The number of fused-ring (bicyclic) bond motifs is 2. The normalized spacial score (nSPS) is 42.5. The number of rotatable bonds is 1. The van der Waals surface area contributed by atoms with Gasteiger partial charge in [-0.1, -0.05) is 26.7 Å². The highest BCUT2D eigenvalue weighted by molar-refractivity contribution is 7.77. The summed E-state index contributed by atoms with van der Waals surface area (Å²) >= 11 is 4.56. The molecule has 2 rings (SSSR count).